The molecule has 0 saturated heterocycles. The highest BCUT2D eigenvalue weighted by atomic mass is 16.5. The Kier molecular flexibility index (Phi) is 22.0. The van der Waals surface area contributed by atoms with E-state index in [1.807, 2.05) is 0 Å². The average Bonchev–Trinajstić information content (AvgIpc) is 2.87. The second-order valence-electron chi connectivity index (χ2n) is 10.4. The van der Waals surface area contributed by atoms with Crippen molar-refractivity contribution in [1.29, 1.82) is 0 Å². The van der Waals surface area contributed by atoms with Gasteiger partial charge in [-0.05, 0) is 50.6 Å². The Balaban J connectivity index is 2.10. The third-order valence-corrected chi connectivity index (χ3v) is 6.96. The van der Waals surface area contributed by atoms with Gasteiger partial charge in [0, 0.05) is 13.0 Å². The van der Waals surface area contributed by atoms with Crippen LogP contribution in [0.25, 0.3) is 0 Å². The maximum absolute atomic E-state index is 12.5. The molecule has 0 amide bonds. The minimum Gasteiger partial charge on any atom is -0.462 e. The van der Waals surface area contributed by atoms with Crippen molar-refractivity contribution in [3.05, 3.63) is 35.9 Å². The summed E-state index contributed by atoms with van der Waals surface area (Å²) in [7, 11) is 0. The third kappa shape index (κ3) is 20.5. The Morgan fingerprint density at radius 3 is 1.80 bits per heavy atom. The number of carbonyl (C=O) groups excluding carboxylic acids is 1. The molecular formula is C32H57NO2. The largest absolute Gasteiger partial charge is 0.462 e. The standard InChI is InChI=1S/C32H57NO2/c1-3-5-7-9-12-19-25-31(26-20-13-10-8-6-4-2)35-32(34)27-21-14-11-15-22-28-33-29-30-23-17-16-18-24-30/h16-18,23-24,31,33H,3-15,19-22,25-29H2,1-2H3. The predicted molar refractivity (Wildman–Crippen MR) is 152 cm³/mol. The summed E-state index contributed by atoms with van der Waals surface area (Å²) in [6.07, 6.45) is 24.2. The van der Waals surface area contributed by atoms with Crippen molar-refractivity contribution >= 4 is 5.97 Å². The van der Waals surface area contributed by atoms with Crippen molar-refractivity contribution in [3.8, 4) is 0 Å². The van der Waals surface area contributed by atoms with Gasteiger partial charge in [-0.25, -0.2) is 0 Å². The van der Waals surface area contributed by atoms with Crippen LogP contribution in [0.3, 0.4) is 0 Å². The summed E-state index contributed by atoms with van der Waals surface area (Å²) in [4.78, 5) is 12.5. The molecular weight excluding hydrogens is 430 g/mol. The lowest BCUT2D eigenvalue weighted by Gasteiger charge is -2.18. The number of unbranched alkanes of at least 4 members (excludes halogenated alkanes) is 14. The maximum atomic E-state index is 12.5. The first-order valence-electron chi connectivity index (χ1n) is 15.2. The van der Waals surface area contributed by atoms with E-state index in [0.717, 1.165) is 38.8 Å². The van der Waals surface area contributed by atoms with Crippen molar-refractivity contribution in [2.24, 2.45) is 0 Å². The fraction of sp³-hybridized carbons (Fsp3) is 0.781. The Labute approximate surface area is 218 Å². The molecule has 0 spiro atoms. The summed E-state index contributed by atoms with van der Waals surface area (Å²) < 4.78 is 5.96. The van der Waals surface area contributed by atoms with Crippen LogP contribution in [-0.4, -0.2) is 18.6 Å². The molecule has 0 atom stereocenters. The molecule has 0 radical (unpaired) electrons. The van der Waals surface area contributed by atoms with Gasteiger partial charge in [-0.15, -0.1) is 0 Å². The fourth-order valence-corrected chi connectivity index (χ4v) is 4.69. The lowest BCUT2D eigenvalue weighted by Crippen LogP contribution is -2.18. The van der Waals surface area contributed by atoms with Crippen LogP contribution in [0.2, 0.25) is 0 Å². The minimum absolute atomic E-state index is 0.0384. The molecule has 35 heavy (non-hydrogen) atoms. The Hall–Kier alpha value is -1.35. The van der Waals surface area contributed by atoms with E-state index >= 15 is 0 Å². The van der Waals surface area contributed by atoms with E-state index < -0.39 is 0 Å². The number of esters is 1. The van der Waals surface area contributed by atoms with E-state index in [0.29, 0.717) is 6.42 Å². The first kappa shape index (κ1) is 31.7. The van der Waals surface area contributed by atoms with Crippen LogP contribution in [0.1, 0.15) is 148 Å². The van der Waals surface area contributed by atoms with Crippen LogP contribution in [-0.2, 0) is 16.1 Å². The van der Waals surface area contributed by atoms with Gasteiger partial charge in [-0.2, -0.15) is 0 Å². The molecule has 3 nitrogen and oxygen atoms in total. The van der Waals surface area contributed by atoms with Crippen molar-refractivity contribution in [3.63, 3.8) is 0 Å². The molecule has 0 heterocycles. The fourth-order valence-electron chi connectivity index (χ4n) is 4.69. The van der Waals surface area contributed by atoms with Gasteiger partial charge < -0.3 is 10.1 Å². The zero-order chi connectivity index (χ0) is 25.2. The van der Waals surface area contributed by atoms with Crippen LogP contribution in [0.15, 0.2) is 30.3 Å². The summed E-state index contributed by atoms with van der Waals surface area (Å²) in [5.74, 6) is 0.0384. The Morgan fingerprint density at radius 2 is 1.20 bits per heavy atom. The summed E-state index contributed by atoms with van der Waals surface area (Å²) in [6.45, 7) is 6.54. The van der Waals surface area contributed by atoms with Crippen molar-refractivity contribution < 1.29 is 9.53 Å². The van der Waals surface area contributed by atoms with Crippen molar-refractivity contribution in [2.75, 3.05) is 6.54 Å². The topological polar surface area (TPSA) is 38.3 Å². The summed E-state index contributed by atoms with van der Waals surface area (Å²) in [5, 5.41) is 3.52. The minimum atomic E-state index is 0.0384. The molecule has 1 N–H and O–H groups in total. The van der Waals surface area contributed by atoms with Gasteiger partial charge in [0.2, 0.25) is 0 Å². The first-order chi connectivity index (χ1) is 17.3. The van der Waals surface area contributed by atoms with Gasteiger partial charge in [-0.3, -0.25) is 4.79 Å². The van der Waals surface area contributed by atoms with Gasteiger partial charge in [0.05, 0.1) is 0 Å². The molecule has 0 aliphatic carbocycles. The maximum Gasteiger partial charge on any atom is 0.306 e. The van der Waals surface area contributed by atoms with E-state index in [9.17, 15) is 4.79 Å². The highest BCUT2D eigenvalue weighted by molar-refractivity contribution is 5.69. The van der Waals surface area contributed by atoms with E-state index in [1.165, 1.54) is 102 Å². The molecule has 0 fully saturated rings. The molecule has 0 aliphatic heterocycles. The predicted octanol–water partition coefficient (Wildman–Crippen LogP) is 9.53. The van der Waals surface area contributed by atoms with Crippen LogP contribution < -0.4 is 5.32 Å². The summed E-state index contributed by atoms with van der Waals surface area (Å²) in [5.41, 5.74) is 1.34. The quantitative estimate of drug-likeness (QED) is 0.110. The molecule has 202 valence electrons. The van der Waals surface area contributed by atoms with E-state index in [-0.39, 0.29) is 12.1 Å². The van der Waals surface area contributed by atoms with Gasteiger partial charge in [0.1, 0.15) is 6.10 Å². The summed E-state index contributed by atoms with van der Waals surface area (Å²) >= 11 is 0. The molecule has 0 unspecified atom stereocenters. The monoisotopic (exact) mass is 487 g/mol. The number of rotatable bonds is 25. The first-order valence-corrected chi connectivity index (χ1v) is 15.2. The van der Waals surface area contributed by atoms with Crippen molar-refractivity contribution in [2.45, 2.75) is 155 Å². The van der Waals surface area contributed by atoms with Gasteiger partial charge >= 0.3 is 5.97 Å². The molecule has 1 rings (SSSR count). The number of hydrogen-bond acceptors (Lipinski definition) is 3. The zero-order valence-corrected chi connectivity index (χ0v) is 23.3. The van der Waals surface area contributed by atoms with Crippen LogP contribution in [0.4, 0.5) is 0 Å². The van der Waals surface area contributed by atoms with Gasteiger partial charge in [-0.1, -0.05) is 128 Å². The molecule has 0 aliphatic rings. The van der Waals surface area contributed by atoms with E-state index in [4.69, 9.17) is 4.74 Å². The van der Waals surface area contributed by atoms with Crippen molar-refractivity contribution in [1.82, 2.24) is 5.32 Å². The second-order valence-corrected chi connectivity index (χ2v) is 10.4. The van der Waals surface area contributed by atoms with E-state index in [1.54, 1.807) is 0 Å². The Morgan fingerprint density at radius 1 is 0.686 bits per heavy atom. The smallest absolute Gasteiger partial charge is 0.306 e. The van der Waals surface area contributed by atoms with Crippen LogP contribution in [0.5, 0.6) is 0 Å². The normalized spacial score (nSPS) is 11.3. The Bertz CT molecular complexity index is 558. The molecule has 1 aromatic rings. The SMILES string of the molecule is CCCCCCCCC(CCCCCCCC)OC(=O)CCCCCCCNCc1ccccc1. The van der Waals surface area contributed by atoms with Gasteiger partial charge in [0.25, 0.3) is 0 Å². The summed E-state index contributed by atoms with van der Waals surface area (Å²) in [6, 6.07) is 10.6. The second kappa shape index (κ2) is 24.3. The van der Waals surface area contributed by atoms with Gasteiger partial charge in [0.15, 0.2) is 0 Å². The zero-order valence-electron chi connectivity index (χ0n) is 23.3. The van der Waals surface area contributed by atoms with Crippen LogP contribution >= 0.6 is 0 Å². The lowest BCUT2D eigenvalue weighted by molar-refractivity contribution is -0.150. The number of hydrogen-bond donors (Lipinski definition) is 1. The molecule has 3 heteroatoms. The third-order valence-electron chi connectivity index (χ3n) is 6.96. The average molecular weight is 488 g/mol. The molecule has 0 saturated carbocycles. The van der Waals surface area contributed by atoms with Crippen LogP contribution in [0, 0.1) is 0 Å². The lowest BCUT2D eigenvalue weighted by atomic mass is 10.0. The molecule has 1 aromatic carbocycles. The highest BCUT2D eigenvalue weighted by Gasteiger charge is 2.14. The molecule has 0 aromatic heterocycles. The molecule has 0 bridgehead atoms. The number of carbonyl (C=O) groups is 1. The number of nitrogens with one attached hydrogen (secondary N) is 1. The number of ether oxygens (including phenoxy) is 1. The number of benzene rings is 1. The highest BCUT2D eigenvalue weighted by Crippen LogP contribution is 2.18. The van der Waals surface area contributed by atoms with E-state index in [2.05, 4.69) is 49.5 Å².